The average Bonchev–Trinajstić information content (AvgIpc) is 3.20. The van der Waals surface area contributed by atoms with Gasteiger partial charge in [-0.15, -0.1) is 0 Å². The van der Waals surface area contributed by atoms with E-state index in [4.69, 9.17) is 4.74 Å². The molecule has 38 heavy (non-hydrogen) atoms. The summed E-state index contributed by atoms with van der Waals surface area (Å²) in [7, 11) is 0. The number of aliphatic hydroxyl groups is 1. The smallest absolute Gasteiger partial charge is 0.253 e. The van der Waals surface area contributed by atoms with Gasteiger partial charge in [0.25, 0.3) is 5.91 Å². The van der Waals surface area contributed by atoms with Crippen LogP contribution >= 0.6 is 0 Å². The largest absolute Gasteiger partial charge is 0.396 e. The van der Waals surface area contributed by atoms with E-state index in [1.165, 1.54) is 0 Å². The van der Waals surface area contributed by atoms with Crippen molar-refractivity contribution in [1.82, 2.24) is 9.80 Å². The molecule has 5 rings (SSSR count). The van der Waals surface area contributed by atoms with Gasteiger partial charge in [0.2, 0.25) is 11.8 Å². The van der Waals surface area contributed by atoms with Crippen LogP contribution in [0.1, 0.15) is 43.7 Å². The van der Waals surface area contributed by atoms with E-state index in [0.717, 1.165) is 29.7 Å². The molecule has 0 radical (unpaired) electrons. The lowest BCUT2D eigenvalue weighted by molar-refractivity contribution is -0.144. The first-order chi connectivity index (χ1) is 18.4. The molecule has 0 aliphatic carbocycles. The number of unbranched alkanes of at least 4 members (excludes halogenated alkanes) is 2. The standard InChI is InChI=1S/C30H39N3O5/c1-4-15-31-16-9-13-22-23(27(31)35)24-28(36)33(17-6-5-7-19-34)26-29(37)32(18-10-14-30(24,26)38-22)25-20(2)11-8-12-21(25)3/h8-14,22-24,26,34H,4-7,15-19H2,1-3H3/t22-,23+,24-,26?,30-/m0/s1. The van der Waals surface area contributed by atoms with Crippen molar-refractivity contribution in [2.75, 3.05) is 37.7 Å². The first-order valence-electron chi connectivity index (χ1n) is 14.0. The lowest BCUT2D eigenvalue weighted by Gasteiger charge is -2.36. The summed E-state index contributed by atoms with van der Waals surface area (Å²) in [5.74, 6) is -1.86. The molecular weight excluding hydrogens is 482 g/mol. The number of para-hydroxylation sites is 1. The van der Waals surface area contributed by atoms with Gasteiger partial charge in [0.1, 0.15) is 11.6 Å². The normalized spacial score (nSPS) is 30.4. The molecule has 4 aliphatic rings. The van der Waals surface area contributed by atoms with Crippen molar-refractivity contribution < 1.29 is 24.2 Å². The second-order valence-corrected chi connectivity index (χ2v) is 11.0. The number of aryl methyl sites for hydroxylation is 2. The number of hydrogen-bond donors (Lipinski definition) is 1. The van der Waals surface area contributed by atoms with E-state index in [0.29, 0.717) is 39.0 Å². The van der Waals surface area contributed by atoms with Gasteiger partial charge in [-0.25, -0.2) is 0 Å². The topological polar surface area (TPSA) is 90.4 Å². The third-order valence-electron chi connectivity index (χ3n) is 8.50. The van der Waals surface area contributed by atoms with Gasteiger partial charge in [-0.1, -0.05) is 49.4 Å². The van der Waals surface area contributed by atoms with Crippen LogP contribution in [0.15, 0.2) is 42.5 Å². The Morgan fingerprint density at radius 1 is 0.974 bits per heavy atom. The van der Waals surface area contributed by atoms with Crippen molar-refractivity contribution in [2.24, 2.45) is 11.8 Å². The zero-order chi connectivity index (χ0) is 27.0. The summed E-state index contributed by atoms with van der Waals surface area (Å²) in [6.07, 6.45) is 10.0. The number of benzene rings is 1. The van der Waals surface area contributed by atoms with Crippen LogP contribution in [0.5, 0.6) is 0 Å². The molecule has 2 fully saturated rings. The van der Waals surface area contributed by atoms with Gasteiger partial charge in [-0.2, -0.15) is 0 Å². The van der Waals surface area contributed by atoms with Crippen LogP contribution < -0.4 is 4.90 Å². The highest BCUT2D eigenvalue weighted by Crippen LogP contribution is 2.53. The first kappa shape index (κ1) is 26.6. The Balaban J connectivity index is 1.58. The number of carbonyl (C=O) groups excluding carboxylic acids is 3. The lowest BCUT2D eigenvalue weighted by atomic mass is 9.77. The van der Waals surface area contributed by atoms with Crippen LogP contribution in [0, 0.1) is 25.7 Å². The first-order valence-corrected chi connectivity index (χ1v) is 14.0. The molecule has 3 amide bonds. The van der Waals surface area contributed by atoms with Crippen LogP contribution in [0.3, 0.4) is 0 Å². The fourth-order valence-corrected chi connectivity index (χ4v) is 6.90. The Bertz CT molecular complexity index is 1140. The molecule has 1 spiro atoms. The van der Waals surface area contributed by atoms with Gasteiger partial charge >= 0.3 is 0 Å². The summed E-state index contributed by atoms with van der Waals surface area (Å²) in [6, 6.07) is 5.10. The number of anilines is 1. The Kier molecular flexibility index (Phi) is 7.47. The highest BCUT2D eigenvalue weighted by Gasteiger charge is 2.71. The number of carbonyl (C=O) groups is 3. The van der Waals surface area contributed by atoms with Crippen molar-refractivity contribution in [3.8, 4) is 0 Å². The van der Waals surface area contributed by atoms with E-state index in [1.54, 1.807) is 14.7 Å². The van der Waals surface area contributed by atoms with E-state index >= 15 is 0 Å². The van der Waals surface area contributed by atoms with Crippen LogP contribution in [-0.4, -0.2) is 83.2 Å². The number of aliphatic hydroxyl groups excluding tert-OH is 1. The second kappa shape index (κ2) is 10.7. The number of fused-ring (bicyclic) bond motifs is 2. The van der Waals surface area contributed by atoms with Crippen molar-refractivity contribution in [3.05, 3.63) is 53.6 Å². The van der Waals surface area contributed by atoms with Gasteiger partial charge in [0.05, 0.1) is 17.9 Å². The maximum absolute atomic E-state index is 14.5. The minimum absolute atomic E-state index is 0.0744. The fourth-order valence-electron chi connectivity index (χ4n) is 6.90. The maximum Gasteiger partial charge on any atom is 0.253 e. The minimum atomic E-state index is -1.21. The summed E-state index contributed by atoms with van der Waals surface area (Å²) in [5.41, 5.74) is 1.63. The third kappa shape index (κ3) is 4.18. The molecule has 8 nitrogen and oxygen atoms in total. The minimum Gasteiger partial charge on any atom is -0.396 e. The maximum atomic E-state index is 14.5. The number of hydrogen-bond acceptors (Lipinski definition) is 5. The summed E-state index contributed by atoms with van der Waals surface area (Å²) in [5, 5.41) is 9.25. The number of amides is 3. The highest BCUT2D eigenvalue weighted by atomic mass is 16.5. The zero-order valence-electron chi connectivity index (χ0n) is 22.6. The van der Waals surface area contributed by atoms with E-state index in [1.807, 2.05) is 63.3 Å². The fraction of sp³-hybridized carbons (Fsp3) is 0.567. The molecule has 8 heteroatoms. The molecule has 1 aromatic rings. The molecule has 1 aromatic carbocycles. The Morgan fingerprint density at radius 3 is 2.45 bits per heavy atom. The van der Waals surface area contributed by atoms with Gasteiger partial charge in [0, 0.05) is 38.5 Å². The molecule has 1 N–H and O–H groups in total. The Hall–Kier alpha value is -2.97. The van der Waals surface area contributed by atoms with Crippen molar-refractivity contribution in [1.29, 1.82) is 0 Å². The van der Waals surface area contributed by atoms with E-state index in [2.05, 4.69) is 0 Å². The second-order valence-electron chi connectivity index (χ2n) is 11.0. The monoisotopic (exact) mass is 521 g/mol. The van der Waals surface area contributed by atoms with E-state index in [-0.39, 0.29) is 24.3 Å². The van der Waals surface area contributed by atoms with Crippen molar-refractivity contribution in [3.63, 3.8) is 0 Å². The molecule has 4 aliphatic heterocycles. The zero-order valence-corrected chi connectivity index (χ0v) is 22.6. The van der Waals surface area contributed by atoms with E-state index in [9.17, 15) is 19.5 Å². The number of ether oxygens (including phenoxy) is 1. The molecule has 0 saturated carbocycles. The summed E-state index contributed by atoms with van der Waals surface area (Å²) in [4.78, 5) is 47.8. The molecule has 2 saturated heterocycles. The van der Waals surface area contributed by atoms with Gasteiger partial charge in [-0.05, 0) is 50.7 Å². The molecule has 4 heterocycles. The van der Waals surface area contributed by atoms with Crippen LogP contribution in [0.2, 0.25) is 0 Å². The van der Waals surface area contributed by atoms with Gasteiger partial charge in [-0.3, -0.25) is 14.4 Å². The molecule has 5 atom stereocenters. The van der Waals surface area contributed by atoms with Crippen LogP contribution in [0.4, 0.5) is 5.69 Å². The molecule has 204 valence electrons. The van der Waals surface area contributed by atoms with E-state index < -0.39 is 29.6 Å². The summed E-state index contributed by atoms with van der Waals surface area (Å²) < 4.78 is 6.71. The summed E-state index contributed by atoms with van der Waals surface area (Å²) >= 11 is 0. The Morgan fingerprint density at radius 2 is 1.74 bits per heavy atom. The number of rotatable bonds is 8. The molecule has 1 unspecified atom stereocenters. The van der Waals surface area contributed by atoms with Crippen molar-refractivity contribution in [2.45, 2.75) is 64.2 Å². The van der Waals surface area contributed by atoms with Gasteiger partial charge in [0.15, 0.2) is 0 Å². The predicted octanol–water partition coefficient (Wildman–Crippen LogP) is 2.76. The van der Waals surface area contributed by atoms with Gasteiger partial charge < -0.3 is 24.5 Å². The average molecular weight is 522 g/mol. The molecule has 0 aromatic heterocycles. The third-order valence-corrected chi connectivity index (χ3v) is 8.50. The quantitative estimate of drug-likeness (QED) is 0.420. The number of likely N-dealkylation sites (tertiary alicyclic amines) is 1. The lowest BCUT2D eigenvalue weighted by Crippen LogP contribution is -2.55. The van der Waals surface area contributed by atoms with Crippen LogP contribution in [-0.2, 0) is 19.1 Å². The van der Waals surface area contributed by atoms with Crippen molar-refractivity contribution >= 4 is 23.4 Å². The summed E-state index contributed by atoms with van der Waals surface area (Å²) in [6.45, 7) is 7.97. The number of nitrogens with zero attached hydrogens (tertiary/aromatic N) is 3. The molecule has 0 bridgehead atoms. The Labute approximate surface area is 224 Å². The SMILES string of the molecule is CCCN1CC=C[C@@H]2O[C@]34C=CCN(c5c(C)cccc5C)C(=O)C3N(CCCCCO)C(=O)[C@@H]4[C@@H]2C1=O. The molecular formula is C30H39N3O5. The van der Waals surface area contributed by atoms with Crippen LogP contribution in [0.25, 0.3) is 0 Å². The predicted molar refractivity (Wildman–Crippen MR) is 144 cm³/mol. The highest BCUT2D eigenvalue weighted by molar-refractivity contribution is 6.06.